The van der Waals surface area contributed by atoms with Crippen LogP contribution in [-0.4, -0.2) is 59.7 Å². The summed E-state index contributed by atoms with van der Waals surface area (Å²) in [5.74, 6) is -0.703. The molecule has 1 aromatic heterocycles. The largest absolute Gasteiger partial charge is 0.396 e. The highest BCUT2D eigenvalue weighted by molar-refractivity contribution is 7.09. The van der Waals surface area contributed by atoms with Gasteiger partial charge in [0, 0.05) is 36.5 Å². The van der Waals surface area contributed by atoms with Crippen LogP contribution in [0.5, 0.6) is 0 Å². The molecular weight excluding hydrogens is 431 g/mol. The standard InChI is InChI=1S/C21H30F3N3O3S/c1-13(2)17(28)26-16(14(3)30-12-20(6-7-20)21(22,23)24)19(29)27-9-4-15(5-10-27)18-25-8-11-31-18/h8,11,13-16H,4-7,9-10,12H2,1-3H3,(H,26,28)/t14-,16?/m1/s1. The van der Waals surface area contributed by atoms with Gasteiger partial charge in [0.25, 0.3) is 0 Å². The first-order valence-corrected chi connectivity index (χ1v) is 11.6. The highest BCUT2D eigenvalue weighted by Gasteiger charge is 2.63. The molecule has 0 bridgehead atoms. The maximum Gasteiger partial charge on any atom is 0.396 e. The maximum atomic E-state index is 13.2. The number of nitrogens with zero attached hydrogens (tertiary/aromatic N) is 2. The lowest BCUT2D eigenvalue weighted by Gasteiger charge is -2.36. The van der Waals surface area contributed by atoms with Crippen LogP contribution in [-0.2, 0) is 14.3 Å². The van der Waals surface area contributed by atoms with Gasteiger partial charge in [0.05, 0.1) is 23.1 Å². The lowest BCUT2D eigenvalue weighted by molar-refractivity contribution is -0.206. The van der Waals surface area contributed by atoms with Crippen molar-refractivity contribution in [2.75, 3.05) is 19.7 Å². The normalized spacial score (nSPS) is 21.1. The van der Waals surface area contributed by atoms with Gasteiger partial charge in [-0.3, -0.25) is 9.59 Å². The third kappa shape index (κ3) is 5.58. The number of thiazole rings is 1. The monoisotopic (exact) mass is 461 g/mol. The van der Waals surface area contributed by atoms with E-state index in [1.165, 1.54) is 0 Å². The van der Waals surface area contributed by atoms with Crippen molar-refractivity contribution in [1.82, 2.24) is 15.2 Å². The van der Waals surface area contributed by atoms with E-state index in [4.69, 9.17) is 4.74 Å². The van der Waals surface area contributed by atoms with Crippen molar-refractivity contribution in [3.8, 4) is 0 Å². The van der Waals surface area contributed by atoms with Gasteiger partial charge in [0.2, 0.25) is 11.8 Å². The molecule has 1 saturated heterocycles. The van der Waals surface area contributed by atoms with E-state index in [1.807, 2.05) is 5.38 Å². The number of halogens is 3. The first-order chi connectivity index (χ1) is 14.5. The van der Waals surface area contributed by atoms with Gasteiger partial charge in [-0.15, -0.1) is 11.3 Å². The van der Waals surface area contributed by atoms with Crippen molar-refractivity contribution in [2.45, 2.75) is 70.7 Å². The molecule has 2 amide bonds. The molecule has 2 atom stereocenters. The molecule has 1 aliphatic carbocycles. The van der Waals surface area contributed by atoms with Gasteiger partial charge in [-0.25, -0.2) is 4.98 Å². The average Bonchev–Trinajstić information content (AvgIpc) is 3.34. The van der Waals surface area contributed by atoms with Crippen LogP contribution in [0.1, 0.15) is 57.4 Å². The van der Waals surface area contributed by atoms with Gasteiger partial charge < -0.3 is 15.0 Å². The predicted molar refractivity (Wildman–Crippen MR) is 111 cm³/mol. The Morgan fingerprint density at radius 2 is 1.94 bits per heavy atom. The number of nitrogens with one attached hydrogen (secondary N) is 1. The van der Waals surface area contributed by atoms with Crippen LogP contribution < -0.4 is 5.32 Å². The van der Waals surface area contributed by atoms with Crippen molar-refractivity contribution in [1.29, 1.82) is 0 Å². The molecule has 1 aromatic rings. The van der Waals surface area contributed by atoms with E-state index in [9.17, 15) is 22.8 Å². The Balaban J connectivity index is 1.63. The minimum Gasteiger partial charge on any atom is -0.375 e. The van der Waals surface area contributed by atoms with Crippen LogP contribution in [0.3, 0.4) is 0 Å². The molecule has 0 aromatic carbocycles. The second kappa shape index (κ2) is 9.44. The maximum absolute atomic E-state index is 13.2. The second-order valence-electron chi connectivity index (χ2n) is 8.91. The summed E-state index contributed by atoms with van der Waals surface area (Å²) in [4.78, 5) is 31.5. The van der Waals surface area contributed by atoms with Crippen LogP contribution in [0.2, 0.25) is 0 Å². The Kier molecular flexibility index (Phi) is 7.30. The molecule has 3 rings (SSSR count). The number of ether oxygens (including phenoxy) is 1. The molecule has 0 spiro atoms. The minimum atomic E-state index is -4.33. The Morgan fingerprint density at radius 1 is 1.29 bits per heavy atom. The fraction of sp³-hybridized carbons (Fsp3) is 0.762. The van der Waals surface area contributed by atoms with Crippen molar-refractivity contribution < 1.29 is 27.5 Å². The number of alkyl halides is 3. The number of hydrogen-bond acceptors (Lipinski definition) is 5. The molecule has 2 aliphatic rings. The molecule has 1 saturated carbocycles. The van der Waals surface area contributed by atoms with Crippen LogP contribution in [0.4, 0.5) is 13.2 Å². The lowest BCUT2D eigenvalue weighted by atomic mass is 9.96. The zero-order valence-corrected chi connectivity index (χ0v) is 18.9. The van der Waals surface area contributed by atoms with Crippen LogP contribution in [0.15, 0.2) is 11.6 Å². The highest BCUT2D eigenvalue weighted by Crippen LogP contribution is 2.57. The quantitative estimate of drug-likeness (QED) is 0.640. The van der Waals surface area contributed by atoms with E-state index in [0.29, 0.717) is 19.0 Å². The molecule has 2 heterocycles. The van der Waals surface area contributed by atoms with Gasteiger partial charge in [-0.05, 0) is 32.6 Å². The first kappa shape index (κ1) is 24.0. The van der Waals surface area contributed by atoms with Crippen molar-refractivity contribution >= 4 is 23.2 Å². The topological polar surface area (TPSA) is 71.5 Å². The predicted octanol–water partition coefficient (Wildman–Crippen LogP) is 3.74. The second-order valence-corrected chi connectivity index (χ2v) is 9.83. The summed E-state index contributed by atoms with van der Waals surface area (Å²) in [5, 5.41) is 5.68. The fourth-order valence-corrected chi connectivity index (χ4v) is 4.54. The van der Waals surface area contributed by atoms with Crippen molar-refractivity contribution in [3.63, 3.8) is 0 Å². The van der Waals surface area contributed by atoms with Crippen LogP contribution in [0.25, 0.3) is 0 Å². The summed E-state index contributed by atoms with van der Waals surface area (Å²) in [6.07, 6.45) is -1.85. The Morgan fingerprint density at radius 3 is 2.42 bits per heavy atom. The third-order valence-corrected chi connectivity index (χ3v) is 7.18. The van der Waals surface area contributed by atoms with Gasteiger partial charge in [0.1, 0.15) is 6.04 Å². The van der Waals surface area contributed by atoms with Crippen LogP contribution in [0, 0.1) is 11.3 Å². The van der Waals surface area contributed by atoms with E-state index in [2.05, 4.69) is 10.3 Å². The minimum absolute atomic E-state index is 0.0322. The van der Waals surface area contributed by atoms with E-state index < -0.39 is 30.3 Å². The lowest BCUT2D eigenvalue weighted by Crippen LogP contribution is -2.56. The molecule has 2 fully saturated rings. The highest BCUT2D eigenvalue weighted by atomic mass is 32.1. The van der Waals surface area contributed by atoms with Crippen LogP contribution >= 0.6 is 11.3 Å². The molecule has 10 heteroatoms. The number of likely N-dealkylation sites (tertiary alicyclic amines) is 1. The van der Waals surface area contributed by atoms with Gasteiger partial charge in [-0.1, -0.05) is 13.8 Å². The first-order valence-electron chi connectivity index (χ1n) is 10.7. The van der Waals surface area contributed by atoms with E-state index in [0.717, 1.165) is 17.8 Å². The Bertz CT molecular complexity index is 758. The summed E-state index contributed by atoms with van der Waals surface area (Å²) < 4.78 is 45.3. The number of carbonyl (C=O) groups is 2. The summed E-state index contributed by atoms with van der Waals surface area (Å²) in [5.41, 5.74) is -1.82. The summed E-state index contributed by atoms with van der Waals surface area (Å²) in [6.45, 7) is 5.48. The van der Waals surface area contributed by atoms with Crippen molar-refractivity contribution in [2.24, 2.45) is 11.3 Å². The number of piperidine rings is 1. The Hall–Kier alpha value is -1.68. The van der Waals surface area contributed by atoms with E-state index >= 15 is 0 Å². The molecule has 6 nitrogen and oxygen atoms in total. The Labute approximate surface area is 184 Å². The average molecular weight is 462 g/mol. The fourth-order valence-electron chi connectivity index (χ4n) is 3.73. The number of carbonyl (C=O) groups excluding carboxylic acids is 2. The van der Waals surface area contributed by atoms with Crippen molar-refractivity contribution in [3.05, 3.63) is 16.6 Å². The summed E-state index contributed by atoms with van der Waals surface area (Å²) in [7, 11) is 0. The number of aromatic nitrogens is 1. The van der Waals surface area contributed by atoms with E-state index in [1.54, 1.807) is 43.2 Å². The van der Waals surface area contributed by atoms with Gasteiger partial charge in [-0.2, -0.15) is 13.2 Å². The molecule has 1 N–H and O–H groups in total. The molecule has 31 heavy (non-hydrogen) atoms. The molecule has 1 aliphatic heterocycles. The van der Waals surface area contributed by atoms with Gasteiger partial charge >= 0.3 is 6.18 Å². The van der Waals surface area contributed by atoms with Gasteiger partial charge in [0.15, 0.2) is 0 Å². The number of amides is 2. The summed E-state index contributed by atoms with van der Waals surface area (Å²) >= 11 is 1.60. The zero-order chi connectivity index (χ0) is 22.8. The summed E-state index contributed by atoms with van der Waals surface area (Å²) in [6, 6.07) is -1.02. The molecule has 174 valence electrons. The molecular formula is C21H30F3N3O3S. The smallest absolute Gasteiger partial charge is 0.375 e. The third-order valence-electron chi connectivity index (χ3n) is 6.24. The molecule has 1 unspecified atom stereocenters. The zero-order valence-electron chi connectivity index (χ0n) is 18.1. The number of rotatable bonds is 8. The molecule has 0 radical (unpaired) electrons. The van der Waals surface area contributed by atoms with E-state index in [-0.39, 0.29) is 30.6 Å². The SMILES string of the molecule is CC(C)C(=O)NC(C(=O)N1CCC(c2nccs2)CC1)[C@@H](C)OCC1(C(F)(F)F)CC1. The number of hydrogen-bond donors (Lipinski definition) is 1.